The maximum absolute atomic E-state index is 10.4. The molecular formula is C17H32O6. The Balaban J connectivity index is 2.04. The number of hydrogen-bond acceptors (Lipinski definition) is 5. The van der Waals surface area contributed by atoms with Crippen LogP contribution in [0.3, 0.4) is 0 Å². The fraction of sp³-hybridized carbons (Fsp3) is 0.941. The van der Waals surface area contributed by atoms with E-state index in [1.807, 2.05) is 6.92 Å². The fourth-order valence-electron chi connectivity index (χ4n) is 2.78. The number of aliphatic carboxylic acids is 1. The molecule has 23 heavy (non-hydrogen) atoms. The van der Waals surface area contributed by atoms with Crippen LogP contribution < -0.4 is 0 Å². The van der Waals surface area contributed by atoms with Gasteiger partial charge in [-0.1, -0.05) is 32.1 Å². The molecule has 1 aliphatic heterocycles. The third-order valence-electron chi connectivity index (χ3n) is 4.31. The third kappa shape index (κ3) is 8.65. The molecule has 1 rings (SSSR count). The van der Waals surface area contributed by atoms with Crippen molar-refractivity contribution in [3.63, 3.8) is 0 Å². The van der Waals surface area contributed by atoms with Gasteiger partial charge in [0.25, 0.3) is 0 Å². The van der Waals surface area contributed by atoms with Crippen LogP contribution in [0.1, 0.15) is 71.6 Å². The van der Waals surface area contributed by atoms with Gasteiger partial charge in [-0.3, -0.25) is 4.79 Å². The fourth-order valence-corrected chi connectivity index (χ4v) is 2.78. The number of carboxylic acids is 1. The quantitative estimate of drug-likeness (QED) is 0.503. The van der Waals surface area contributed by atoms with Crippen molar-refractivity contribution >= 4 is 5.97 Å². The molecule has 5 atom stereocenters. The maximum atomic E-state index is 10.4. The van der Waals surface area contributed by atoms with E-state index in [1.165, 1.54) is 0 Å². The van der Waals surface area contributed by atoms with Crippen molar-refractivity contribution in [3.8, 4) is 0 Å². The summed E-state index contributed by atoms with van der Waals surface area (Å²) >= 11 is 0. The highest BCUT2D eigenvalue weighted by Crippen LogP contribution is 2.23. The predicted octanol–water partition coefficient (Wildman–Crippen LogP) is 2.45. The number of hydrogen-bond donors (Lipinski definition) is 3. The SMILES string of the molecule is CC1O[C@@H](O[C@@H](C)CCCCCCCCC(=O)O)C(O)C[C@H]1O. The van der Waals surface area contributed by atoms with Crippen LogP contribution in [-0.4, -0.2) is 52.0 Å². The highest BCUT2D eigenvalue weighted by atomic mass is 16.7. The molecule has 0 spiro atoms. The van der Waals surface area contributed by atoms with Crippen LogP contribution in [0.4, 0.5) is 0 Å². The van der Waals surface area contributed by atoms with Crippen molar-refractivity contribution < 1.29 is 29.6 Å². The second kappa shape index (κ2) is 11.0. The summed E-state index contributed by atoms with van der Waals surface area (Å²) in [6.07, 6.45) is 5.13. The molecule has 0 radical (unpaired) electrons. The topological polar surface area (TPSA) is 96.2 Å². The molecule has 1 fully saturated rings. The van der Waals surface area contributed by atoms with Crippen molar-refractivity contribution in [2.75, 3.05) is 0 Å². The second-order valence-corrected chi connectivity index (χ2v) is 6.58. The molecule has 0 aliphatic carbocycles. The summed E-state index contributed by atoms with van der Waals surface area (Å²) in [6, 6.07) is 0. The standard InChI is InChI=1S/C17H32O6/c1-12(9-7-5-3-4-6-8-10-16(20)21)22-17-15(19)11-14(18)13(2)23-17/h12-15,17-19H,3-11H2,1-2H3,(H,20,21)/t12-,13?,14+,15?,17+/m0/s1. The van der Waals surface area contributed by atoms with Crippen molar-refractivity contribution in [1.29, 1.82) is 0 Å². The molecule has 0 saturated carbocycles. The lowest BCUT2D eigenvalue weighted by Gasteiger charge is -2.36. The van der Waals surface area contributed by atoms with Crippen molar-refractivity contribution in [1.82, 2.24) is 0 Å². The number of rotatable bonds is 11. The molecule has 0 aromatic rings. The van der Waals surface area contributed by atoms with Crippen LogP contribution in [0.25, 0.3) is 0 Å². The first-order chi connectivity index (χ1) is 10.9. The second-order valence-electron chi connectivity index (χ2n) is 6.58. The monoisotopic (exact) mass is 332 g/mol. The van der Waals surface area contributed by atoms with Gasteiger partial charge in [-0.05, 0) is 26.7 Å². The first-order valence-corrected chi connectivity index (χ1v) is 8.79. The Kier molecular flexibility index (Phi) is 9.71. The Labute approximate surface area is 138 Å². The van der Waals surface area contributed by atoms with E-state index < -0.39 is 24.5 Å². The average molecular weight is 332 g/mol. The highest BCUT2D eigenvalue weighted by Gasteiger charge is 2.35. The summed E-state index contributed by atoms with van der Waals surface area (Å²) < 4.78 is 11.2. The lowest BCUT2D eigenvalue weighted by atomic mass is 10.0. The highest BCUT2D eigenvalue weighted by molar-refractivity contribution is 5.66. The van der Waals surface area contributed by atoms with E-state index >= 15 is 0 Å². The number of aliphatic hydroxyl groups is 2. The van der Waals surface area contributed by atoms with Crippen molar-refractivity contribution in [2.45, 2.75) is 102 Å². The molecule has 136 valence electrons. The number of carboxylic acid groups (broad SMARTS) is 1. The van der Waals surface area contributed by atoms with E-state index in [0.717, 1.165) is 44.9 Å². The molecule has 1 saturated heterocycles. The summed E-state index contributed by atoms with van der Waals surface area (Å²) in [5.74, 6) is -0.718. The number of ether oxygens (including phenoxy) is 2. The Bertz CT molecular complexity index is 335. The molecule has 0 amide bonds. The van der Waals surface area contributed by atoms with Gasteiger partial charge in [0.2, 0.25) is 0 Å². The molecule has 6 nitrogen and oxygen atoms in total. The predicted molar refractivity (Wildman–Crippen MR) is 86.1 cm³/mol. The Morgan fingerprint density at radius 1 is 1.13 bits per heavy atom. The van der Waals surface area contributed by atoms with E-state index in [-0.39, 0.29) is 25.0 Å². The van der Waals surface area contributed by atoms with Gasteiger partial charge in [-0.2, -0.15) is 0 Å². The van der Waals surface area contributed by atoms with Gasteiger partial charge in [0.15, 0.2) is 6.29 Å². The van der Waals surface area contributed by atoms with Crippen LogP contribution in [0, 0.1) is 0 Å². The van der Waals surface area contributed by atoms with Gasteiger partial charge in [0, 0.05) is 12.8 Å². The molecule has 6 heteroatoms. The van der Waals surface area contributed by atoms with Gasteiger partial charge in [-0.25, -0.2) is 0 Å². The zero-order valence-electron chi connectivity index (χ0n) is 14.3. The summed E-state index contributed by atoms with van der Waals surface area (Å²) in [7, 11) is 0. The van der Waals surface area contributed by atoms with Crippen LogP contribution >= 0.6 is 0 Å². The number of aliphatic hydroxyl groups excluding tert-OH is 2. The van der Waals surface area contributed by atoms with Gasteiger partial charge in [-0.15, -0.1) is 0 Å². The Morgan fingerprint density at radius 2 is 1.74 bits per heavy atom. The Morgan fingerprint density at radius 3 is 2.39 bits per heavy atom. The molecule has 1 aliphatic rings. The minimum atomic E-state index is -0.780. The summed E-state index contributed by atoms with van der Waals surface area (Å²) in [6.45, 7) is 3.75. The molecule has 3 N–H and O–H groups in total. The van der Waals surface area contributed by atoms with E-state index in [9.17, 15) is 15.0 Å². The normalized spacial score (nSPS) is 29.4. The molecular weight excluding hydrogens is 300 g/mol. The van der Waals surface area contributed by atoms with E-state index in [1.54, 1.807) is 6.92 Å². The zero-order chi connectivity index (χ0) is 17.2. The first kappa shape index (κ1) is 20.4. The minimum Gasteiger partial charge on any atom is -0.481 e. The number of unbranched alkanes of at least 4 members (excludes halogenated alkanes) is 5. The minimum absolute atomic E-state index is 0.00380. The molecule has 0 aromatic heterocycles. The average Bonchev–Trinajstić information content (AvgIpc) is 2.47. The molecule has 2 unspecified atom stereocenters. The van der Waals surface area contributed by atoms with Crippen LogP contribution in [0.5, 0.6) is 0 Å². The van der Waals surface area contributed by atoms with Crippen molar-refractivity contribution in [2.24, 2.45) is 0 Å². The van der Waals surface area contributed by atoms with Crippen LogP contribution in [0.2, 0.25) is 0 Å². The largest absolute Gasteiger partial charge is 0.481 e. The van der Waals surface area contributed by atoms with Gasteiger partial charge in [0.1, 0.15) is 6.10 Å². The van der Waals surface area contributed by atoms with Gasteiger partial charge < -0.3 is 24.8 Å². The van der Waals surface area contributed by atoms with Gasteiger partial charge >= 0.3 is 5.97 Å². The lowest BCUT2D eigenvalue weighted by molar-refractivity contribution is -0.273. The van der Waals surface area contributed by atoms with E-state index in [2.05, 4.69) is 0 Å². The molecule has 0 aromatic carbocycles. The molecule has 1 heterocycles. The van der Waals surface area contributed by atoms with E-state index in [0.29, 0.717) is 0 Å². The zero-order valence-corrected chi connectivity index (χ0v) is 14.3. The summed E-state index contributed by atoms with van der Waals surface area (Å²) in [5, 5.41) is 28.0. The lowest BCUT2D eigenvalue weighted by Crippen LogP contribution is -2.48. The summed E-state index contributed by atoms with van der Waals surface area (Å²) in [4.78, 5) is 10.4. The molecule has 0 bridgehead atoms. The van der Waals surface area contributed by atoms with Crippen LogP contribution in [0.15, 0.2) is 0 Å². The summed E-state index contributed by atoms with van der Waals surface area (Å²) in [5.41, 5.74) is 0. The smallest absolute Gasteiger partial charge is 0.303 e. The van der Waals surface area contributed by atoms with Crippen LogP contribution in [-0.2, 0) is 14.3 Å². The van der Waals surface area contributed by atoms with E-state index in [4.69, 9.17) is 14.6 Å². The third-order valence-corrected chi connectivity index (χ3v) is 4.31. The Hall–Kier alpha value is -0.690. The van der Waals surface area contributed by atoms with Gasteiger partial charge in [0.05, 0.1) is 18.3 Å². The maximum Gasteiger partial charge on any atom is 0.303 e. The first-order valence-electron chi connectivity index (χ1n) is 8.79. The van der Waals surface area contributed by atoms with Crippen molar-refractivity contribution in [3.05, 3.63) is 0 Å². The number of carbonyl (C=O) groups is 1.